The van der Waals surface area contributed by atoms with Gasteiger partial charge in [-0.15, -0.1) is 0 Å². The van der Waals surface area contributed by atoms with E-state index in [-0.39, 0.29) is 46.0 Å². The fourth-order valence-corrected chi connectivity index (χ4v) is 4.53. The molecule has 114 valence electrons. The number of benzene rings is 1. The van der Waals surface area contributed by atoms with E-state index >= 15 is 0 Å². The number of aliphatic hydroxyl groups is 1. The molecule has 3 rings (SSSR count). The molecule has 1 aromatic carbocycles. The minimum absolute atomic E-state index is 0.0107. The van der Waals surface area contributed by atoms with Crippen molar-refractivity contribution in [1.29, 1.82) is 0 Å². The average molecular weight is 428 g/mol. The molecule has 22 heavy (non-hydrogen) atoms. The predicted molar refractivity (Wildman–Crippen MR) is 89.1 cm³/mol. The smallest absolute Gasteiger partial charge is 0.201 e. The molecule has 0 unspecified atom stereocenters. The molecule has 0 radical (unpaired) electrons. The highest BCUT2D eigenvalue weighted by atomic mass is 79.9. The first-order chi connectivity index (χ1) is 10.4. The van der Waals surface area contributed by atoms with Crippen LogP contribution in [-0.2, 0) is 0 Å². The Labute approximate surface area is 143 Å². The van der Waals surface area contributed by atoms with Crippen molar-refractivity contribution >= 4 is 43.4 Å². The number of phenols is 1. The molecule has 0 amide bonds. The molecule has 0 saturated heterocycles. The maximum atomic E-state index is 12.7. The molecule has 1 aromatic rings. The monoisotopic (exact) mass is 426 g/mol. The number of fused-ring (bicyclic) bond motifs is 2. The summed E-state index contributed by atoms with van der Waals surface area (Å²) in [6.07, 6.45) is 2.00. The third-order valence-electron chi connectivity index (χ3n) is 4.05. The molecule has 0 saturated carbocycles. The van der Waals surface area contributed by atoms with Crippen molar-refractivity contribution < 1.29 is 19.8 Å². The number of ketones is 2. The normalized spacial score (nSPS) is 19.6. The lowest BCUT2D eigenvalue weighted by Crippen LogP contribution is -2.33. The minimum Gasteiger partial charge on any atom is -0.511 e. The van der Waals surface area contributed by atoms with E-state index in [1.807, 2.05) is 0 Å². The average Bonchev–Trinajstić information content (AvgIpc) is 2.51. The molecule has 0 atom stereocenters. The second kappa shape index (κ2) is 5.35. The number of carbonyl (C=O) groups excluding carboxylic acids is 2. The van der Waals surface area contributed by atoms with Gasteiger partial charge in [0.2, 0.25) is 5.78 Å². The van der Waals surface area contributed by atoms with Crippen LogP contribution in [0.5, 0.6) is 5.75 Å². The van der Waals surface area contributed by atoms with Crippen molar-refractivity contribution in [3.05, 3.63) is 52.3 Å². The molecule has 0 fully saturated rings. The van der Waals surface area contributed by atoms with Crippen LogP contribution in [0, 0.1) is 5.41 Å². The number of hydrogen-bond donors (Lipinski definition) is 2. The first-order valence-electron chi connectivity index (χ1n) is 6.63. The first kappa shape index (κ1) is 15.5. The van der Waals surface area contributed by atoms with Gasteiger partial charge in [-0.1, -0.05) is 50.1 Å². The molecular formula is C16H12Br2O4. The number of alkyl halides is 2. The second-order valence-electron chi connectivity index (χ2n) is 5.54. The summed E-state index contributed by atoms with van der Waals surface area (Å²) >= 11 is 6.81. The zero-order valence-corrected chi connectivity index (χ0v) is 14.6. The molecule has 0 aliphatic heterocycles. The summed E-state index contributed by atoms with van der Waals surface area (Å²) in [5.41, 5.74) is -0.0981. The molecule has 0 bridgehead atoms. The zero-order chi connectivity index (χ0) is 16.1. The SMILES string of the molecule is O=C1C2=CC(CBr)(CBr)CC(O)=C2C(=O)c2c(O)cccc21. The fourth-order valence-electron chi connectivity index (χ4n) is 2.88. The summed E-state index contributed by atoms with van der Waals surface area (Å²) in [5.74, 6) is -1.20. The van der Waals surface area contributed by atoms with Crippen LogP contribution in [-0.4, -0.2) is 32.4 Å². The Bertz CT molecular complexity index is 757. The van der Waals surface area contributed by atoms with Gasteiger partial charge in [0.25, 0.3) is 0 Å². The van der Waals surface area contributed by atoms with E-state index in [1.165, 1.54) is 18.2 Å². The van der Waals surface area contributed by atoms with Crippen LogP contribution in [0.15, 0.2) is 41.2 Å². The first-order valence-corrected chi connectivity index (χ1v) is 8.87. The lowest BCUT2D eigenvalue weighted by atomic mass is 9.72. The Morgan fingerprint density at radius 3 is 2.41 bits per heavy atom. The largest absolute Gasteiger partial charge is 0.511 e. The van der Waals surface area contributed by atoms with Gasteiger partial charge in [-0.2, -0.15) is 0 Å². The molecule has 2 aliphatic carbocycles. The predicted octanol–water partition coefficient (Wildman–Crippen LogP) is 3.69. The highest BCUT2D eigenvalue weighted by Gasteiger charge is 2.43. The fraction of sp³-hybridized carbons (Fsp3) is 0.250. The van der Waals surface area contributed by atoms with Crippen molar-refractivity contribution in [1.82, 2.24) is 0 Å². The number of halogens is 2. The highest BCUT2D eigenvalue weighted by Crippen LogP contribution is 2.45. The van der Waals surface area contributed by atoms with E-state index < -0.39 is 11.2 Å². The summed E-state index contributed by atoms with van der Waals surface area (Å²) in [5, 5.41) is 21.3. The quantitative estimate of drug-likeness (QED) is 0.706. The zero-order valence-electron chi connectivity index (χ0n) is 11.4. The molecule has 2 N–H and O–H groups in total. The third-order valence-corrected chi connectivity index (χ3v) is 6.28. The Balaban J connectivity index is 2.28. The van der Waals surface area contributed by atoms with Gasteiger partial charge in [0, 0.05) is 33.6 Å². The second-order valence-corrected chi connectivity index (χ2v) is 6.67. The van der Waals surface area contributed by atoms with E-state index in [0.29, 0.717) is 10.7 Å². The van der Waals surface area contributed by atoms with Crippen LogP contribution in [0.3, 0.4) is 0 Å². The Kier molecular flexibility index (Phi) is 3.77. The number of aromatic hydroxyl groups is 1. The molecule has 4 nitrogen and oxygen atoms in total. The van der Waals surface area contributed by atoms with E-state index in [9.17, 15) is 19.8 Å². The summed E-state index contributed by atoms with van der Waals surface area (Å²) in [6.45, 7) is 0. The van der Waals surface area contributed by atoms with Crippen LogP contribution in [0.4, 0.5) is 0 Å². The van der Waals surface area contributed by atoms with E-state index in [0.717, 1.165) is 0 Å². The lowest BCUT2D eigenvalue weighted by Gasteiger charge is -2.34. The molecule has 0 heterocycles. The van der Waals surface area contributed by atoms with Gasteiger partial charge in [-0.05, 0) is 6.07 Å². The number of Topliss-reactive ketones (excluding diaryl/α,β-unsaturated/α-hetero) is 2. The van der Waals surface area contributed by atoms with Gasteiger partial charge in [-0.3, -0.25) is 9.59 Å². The number of hydrogen-bond acceptors (Lipinski definition) is 4. The maximum Gasteiger partial charge on any atom is 0.201 e. The number of allylic oxidation sites excluding steroid dienone is 4. The molecule has 0 aromatic heterocycles. The van der Waals surface area contributed by atoms with Gasteiger partial charge < -0.3 is 10.2 Å². The van der Waals surface area contributed by atoms with Crippen LogP contribution < -0.4 is 0 Å². The van der Waals surface area contributed by atoms with Gasteiger partial charge >= 0.3 is 0 Å². The van der Waals surface area contributed by atoms with E-state index in [1.54, 1.807) is 6.08 Å². The molecule has 2 aliphatic rings. The van der Waals surface area contributed by atoms with E-state index in [4.69, 9.17) is 0 Å². The lowest BCUT2D eigenvalue weighted by molar-refractivity contribution is 0.0960. The third kappa shape index (κ3) is 2.08. The van der Waals surface area contributed by atoms with Crippen molar-refractivity contribution in [2.24, 2.45) is 5.41 Å². The van der Waals surface area contributed by atoms with Crippen LogP contribution in [0.1, 0.15) is 27.1 Å². The topological polar surface area (TPSA) is 74.6 Å². The Hall–Kier alpha value is -1.40. The van der Waals surface area contributed by atoms with Crippen LogP contribution >= 0.6 is 31.9 Å². The minimum atomic E-state index is -0.505. The summed E-state index contributed by atoms with van der Waals surface area (Å²) < 4.78 is 0. The Morgan fingerprint density at radius 1 is 1.09 bits per heavy atom. The van der Waals surface area contributed by atoms with Gasteiger partial charge in [0.1, 0.15) is 11.5 Å². The van der Waals surface area contributed by atoms with Crippen LogP contribution in [0.2, 0.25) is 0 Å². The van der Waals surface area contributed by atoms with Crippen molar-refractivity contribution in [3.63, 3.8) is 0 Å². The maximum absolute atomic E-state index is 12.7. The van der Waals surface area contributed by atoms with Crippen LogP contribution in [0.25, 0.3) is 0 Å². The number of aliphatic hydroxyl groups excluding tert-OH is 1. The molecule has 0 spiro atoms. The van der Waals surface area contributed by atoms with E-state index in [2.05, 4.69) is 31.9 Å². The summed E-state index contributed by atoms with van der Waals surface area (Å²) in [7, 11) is 0. The molecular weight excluding hydrogens is 416 g/mol. The van der Waals surface area contributed by atoms with Gasteiger partial charge in [0.05, 0.1) is 11.1 Å². The standard InChI is InChI=1S/C16H12Br2O4/c17-6-16(7-18)4-9-13(11(20)5-16)15(22)12-8(14(9)21)2-1-3-10(12)19/h1-4,19-20H,5-7H2. The molecule has 6 heteroatoms. The van der Waals surface area contributed by atoms with Crippen molar-refractivity contribution in [3.8, 4) is 5.75 Å². The van der Waals surface area contributed by atoms with Crippen molar-refractivity contribution in [2.45, 2.75) is 6.42 Å². The summed E-state index contributed by atoms with van der Waals surface area (Å²) in [4.78, 5) is 25.3. The number of rotatable bonds is 2. The van der Waals surface area contributed by atoms with Crippen molar-refractivity contribution in [2.75, 3.05) is 10.7 Å². The summed E-state index contributed by atoms with van der Waals surface area (Å²) in [6, 6.07) is 4.41. The van der Waals surface area contributed by atoms with Gasteiger partial charge in [-0.25, -0.2) is 0 Å². The number of carbonyl (C=O) groups is 2. The highest BCUT2D eigenvalue weighted by molar-refractivity contribution is 9.09. The number of phenolic OH excluding ortho intramolecular Hbond substituents is 1. The Morgan fingerprint density at radius 2 is 1.77 bits per heavy atom. The van der Waals surface area contributed by atoms with Gasteiger partial charge in [0.15, 0.2) is 5.78 Å².